The number of methoxy groups -OCH3 is 1. The molecule has 0 radical (unpaired) electrons. The lowest BCUT2D eigenvalue weighted by atomic mass is 10.1. The predicted octanol–water partition coefficient (Wildman–Crippen LogP) is 3.71. The molecule has 2 rings (SSSR count). The number of nitrogens with one attached hydrogen (secondary N) is 1. The van der Waals surface area contributed by atoms with Crippen LogP contribution in [0.4, 0.5) is 5.69 Å². The lowest BCUT2D eigenvalue weighted by Gasteiger charge is -2.11. The summed E-state index contributed by atoms with van der Waals surface area (Å²) in [5.41, 5.74) is 2.43. The standard InChI is InChI=1S/C16H17NO3S/c1-9-8-13(11(3)21-9)15(18)17-14-7-5-6-12(10(14)2)16(19)20-4/h5-8H,1-4H3,(H,17,18). The van der Waals surface area contributed by atoms with Crippen LogP contribution in [0.1, 0.15) is 36.0 Å². The van der Waals surface area contributed by atoms with Gasteiger partial charge in [-0.3, -0.25) is 4.79 Å². The average Bonchev–Trinajstić information content (AvgIpc) is 2.79. The molecule has 5 heteroatoms. The molecule has 0 unspecified atom stereocenters. The Kier molecular flexibility index (Phi) is 4.43. The predicted molar refractivity (Wildman–Crippen MR) is 84.3 cm³/mol. The van der Waals surface area contributed by atoms with Gasteiger partial charge in [-0.25, -0.2) is 4.79 Å². The first-order valence-corrected chi connectivity index (χ1v) is 7.32. The summed E-state index contributed by atoms with van der Waals surface area (Å²) < 4.78 is 4.73. The molecule has 1 amide bonds. The smallest absolute Gasteiger partial charge is 0.338 e. The molecule has 21 heavy (non-hydrogen) atoms. The first-order valence-electron chi connectivity index (χ1n) is 6.50. The van der Waals surface area contributed by atoms with Crippen molar-refractivity contribution < 1.29 is 14.3 Å². The van der Waals surface area contributed by atoms with Crippen LogP contribution < -0.4 is 5.32 Å². The third-order valence-corrected chi connectivity index (χ3v) is 4.24. The van der Waals surface area contributed by atoms with Crippen LogP contribution in [0.5, 0.6) is 0 Å². The number of carbonyl (C=O) groups excluding carboxylic acids is 2. The van der Waals surface area contributed by atoms with Crippen LogP contribution in [0, 0.1) is 20.8 Å². The molecule has 4 nitrogen and oxygen atoms in total. The number of hydrogen-bond acceptors (Lipinski definition) is 4. The van der Waals surface area contributed by atoms with Crippen molar-refractivity contribution >= 4 is 28.9 Å². The lowest BCUT2D eigenvalue weighted by Crippen LogP contribution is -2.14. The van der Waals surface area contributed by atoms with Crippen LogP contribution in [0.25, 0.3) is 0 Å². The number of ether oxygens (including phenoxy) is 1. The number of rotatable bonds is 3. The number of hydrogen-bond donors (Lipinski definition) is 1. The Balaban J connectivity index is 2.30. The van der Waals surface area contributed by atoms with E-state index in [0.29, 0.717) is 22.4 Å². The molecule has 0 saturated carbocycles. The highest BCUT2D eigenvalue weighted by atomic mass is 32.1. The van der Waals surface area contributed by atoms with E-state index in [1.807, 2.05) is 19.9 Å². The van der Waals surface area contributed by atoms with Crippen molar-refractivity contribution in [2.24, 2.45) is 0 Å². The van der Waals surface area contributed by atoms with E-state index in [0.717, 1.165) is 9.75 Å². The van der Waals surface area contributed by atoms with Crippen molar-refractivity contribution in [1.82, 2.24) is 0 Å². The Hall–Kier alpha value is -2.14. The summed E-state index contributed by atoms with van der Waals surface area (Å²) in [4.78, 5) is 26.1. The van der Waals surface area contributed by atoms with Gasteiger partial charge in [-0.1, -0.05) is 6.07 Å². The second-order valence-electron chi connectivity index (χ2n) is 4.75. The highest BCUT2D eigenvalue weighted by Crippen LogP contribution is 2.24. The van der Waals surface area contributed by atoms with Crippen molar-refractivity contribution in [2.75, 3.05) is 12.4 Å². The number of aryl methyl sites for hydroxylation is 2. The summed E-state index contributed by atoms with van der Waals surface area (Å²) in [6.07, 6.45) is 0. The molecular weight excluding hydrogens is 286 g/mol. The van der Waals surface area contributed by atoms with E-state index in [1.54, 1.807) is 36.5 Å². The van der Waals surface area contributed by atoms with Gasteiger partial charge in [0, 0.05) is 15.4 Å². The normalized spacial score (nSPS) is 10.3. The Bertz CT molecular complexity index is 704. The number of esters is 1. The van der Waals surface area contributed by atoms with E-state index < -0.39 is 5.97 Å². The fraction of sp³-hybridized carbons (Fsp3) is 0.250. The summed E-state index contributed by atoms with van der Waals surface area (Å²) >= 11 is 1.59. The van der Waals surface area contributed by atoms with Crippen molar-refractivity contribution in [2.45, 2.75) is 20.8 Å². The second-order valence-corrected chi connectivity index (χ2v) is 6.21. The summed E-state index contributed by atoms with van der Waals surface area (Å²) in [7, 11) is 1.34. The highest BCUT2D eigenvalue weighted by Gasteiger charge is 2.16. The van der Waals surface area contributed by atoms with Gasteiger partial charge in [0.25, 0.3) is 5.91 Å². The number of carbonyl (C=O) groups is 2. The molecule has 0 aliphatic rings. The molecule has 0 saturated heterocycles. The van der Waals surface area contributed by atoms with Gasteiger partial charge in [0.1, 0.15) is 0 Å². The third kappa shape index (κ3) is 3.13. The molecule has 0 spiro atoms. The minimum absolute atomic E-state index is 0.165. The van der Waals surface area contributed by atoms with Gasteiger partial charge in [-0.15, -0.1) is 11.3 Å². The van der Waals surface area contributed by atoms with E-state index in [-0.39, 0.29) is 5.91 Å². The van der Waals surface area contributed by atoms with Gasteiger partial charge in [0.2, 0.25) is 0 Å². The fourth-order valence-electron chi connectivity index (χ4n) is 2.15. The number of amides is 1. The molecule has 0 atom stereocenters. The topological polar surface area (TPSA) is 55.4 Å². The first-order chi connectivity index (χ1) is 9.93. The molecule has 1 aromatic carbocycles. The third-order valence-electron chi connectivity index (χ3n) is 3.27. The SMILES string of the molecule is COC(=O)c1cccc(NC(=O)c2cc(C)sc2C)c1C. The van der Waals surface area contributed by atoms with Crippen LogP contribution in [0.15, 0.2) is 24.3 Å². The molecule has 0 aliphatic heterocycles. The van der Waals surface area contributed by atoms with Gasteiger partial charge < -0.3 is 10.1 Å². The highest BCUT2D eigenvalue weighted by molar-refractivity contribution is 7.12. The van der Waals surface area contributed by atoms with E-state index in [9.17, 15) is 9.59 Å². The average molecular weight is 303 g/mol. The summed E-state index contributed by atoms with van der Waals surface area (Å²) in [5.74, 6) is -0.576. The minimum Gasteiger partial charge on any atom is -0.465 e. The van der Waals surface area contributed by atoms with Gasteiger partial charge in [-0.2, -0.15) is 0 Å². The van der Waals surface area contributed by atoms with Crippen LogP contribution in [0.2, 0.25) is 0 Å². The van der Waals surface area contributed by atoms with Gasteiger partial charge in [0.15, 0.2) is 0 Å². The Morgan fingerprint density at radius 2 is 1.86 bits per heavy atom. The maximum Gasteiger partial charge on any atom is 0.338 e. The van der Waals surface area contributed by atoms with Gasteiger partial charge in [0.05, 0.1) is 18.2 Å². The van der Waals surface area contributed by atoms with Crippen LogP contribution >= 0.6 is 11.3 Å². The van der Waals surface area contributed by atoms with Crippen molar-refractivity contribution in [3.05, 3.63) is 50.7 Å². The molecule has 0 aliphatic carbocycles. The van der Waals surface area contributed by atoms with E-state index in [2.05, 4.69) is 5.32 Å². The van der Waals surface area contributed by atoms with Gasteiger partial charge in [-0.05, 0) is 44.5 Å². The maximum absolute atomic E-state index is 12.3. The molecule has 110 valence electrons. The number of anilines is 1. The molecular formula is C16H17NO3S. The molecule has 1 heterocycles. The first kappa shape index (κ1) is 15.3. The fourth-order valence-corrected chi connectivity index (χ4v) is 3.07. The largest absolute Gasteiger partial charge is 0.465 e. The molecule has 1 aromatic heterocycles. The maximum atomic E-state index is 12.3. The summed E-state index contributed by atoms with van der Waals surface area (Å²) in [6.45, 7) is 5.68. The monoisotopic (exact) mass is 303 g/mol. The Morgan fingerprint density at radius 1 is 1.14 bits per heavy atom. The van der Waals surface area contributed by atoms with Crippen molar-refractivity contribution in [1.29, 1.82) is 0 Å². The lowest BCUT2D eigenvalue weighted by molar-refractivity contribution is 0.0599. The molecule has 1 N–H and O–H groups in total. The van der Waals surface area contributed by atoms with Gasteiger partial charge >= 0.3 is 5.97 Å². The second kappa shape index (κ2) is 6.10. The van der Waals surface area contributed by atoms with E-state index in [4.69, 9.17) is 4.74 Å². The zero-order valence-corrected chi connectivity index (χ0v) is 13.3. The zero-order valence-electron chi connectivity index (χ0n) is 12.4. The molecule has 0 bridgehead atoms. The molecule has 2 aromatic rings. The Morgan fingerprint density at radius 3 is 2.43 bits per heavy atom. The van der Waals surface area contributed by atoms with Crippen LogP contribution in [-0.4, -0.2) is 19.0 Å². The quantitative estimate of drug-likeness (QED) is 0.879. The molecule has 0 fully saturated rings. The van der Waals surface area contributed by atoms with Crippen LogP contribution in [0.3, 0.4) is 0 Å². The van der Waals surface area contributed by atoms with Crippen LogP contribution in [-0.2, 0) is 4.74 Å². The van der Waals surface area contributed by atoms with E-state index in [1.165, 1.54) is 7.11 Å². The zero-order chi connectivity index (χ0) is 15.6. The van der Waals surface area contributed by atoms with E-state index >= 15 is 0 Å². The number of benzene rings is 1. The summed E-state index contributed by atoms with van der Waals surface area (Å²) in [6, 6.07) is 7.04. The summed E-state index contributed by atoms with van der Waals surface area (Å²) in [5, 5.41) is 2.86. The van der Waals surface area contributed by atoms with Crippen molar-refractivity contribution in [3.63, 3.8) is 0 Å². The Labute approximate surface area is 127 Å². The van der Waals surface area contributed by atoms with Crippen molar-refractivity contribution in [3.8, 4) is 0 Å². The number of thiophene rings is 1. The minimum atomic E-state index is -0.411.